The van der Waals surface area contributed by atoms with E-state index in [1.807, 2.05) is 0 Å². The Kier molecular flexibility index (Phi) is 7.92. The van der Waals surface area contributed by atoms with Gasteiger partial charge in [0, 0.05) is 31.7 Å². The van der Waals surface area contributed by atoms with Crippen LogP contribution in [-0.2, 0) is 9.53 Å². The third-order valence-corrected chi connectivity index (χ3v) is 5.99. The molecule has 0 saturated carbocycles. The van der Waals surface area contributed by atoms with Gasteiger partial charge in [-0.1, -0.05) is 36.9 Å². The molecular formula is C16H29N5O2S2. The summed E-state index contributed by atoms with van der Waals surface area (Å²) < 4.78 is 6.20. The second-order valence-corrected chi connectivity index (χ2v) is 9.33. The Bertz CT molecular complexity index is 544. The molecule has 0 radical (unpaired) electrons. The number of rotatable bonds is 9. The first-order chi connectivity index (χ1) is 11.9. The predicted octanol–water partition coefficient (Wildman–Crippen LogP) is 1.93. The fourth-order valence-electron chi connectivity index (χ4n) is 2.40. The normalized spacial score (nSPS) is 16.2. The van der Waals surface area contributed by atoms with Gasteiger partial charge in [0.1, 0.15) is 0 Å². The van der Waals surface area contributed by atoms with E-state index in [0.717, 1.165) is 42.3 Å². The lowest BCUT2D eigenvalue weighted by molar-refractivity contribution is -0.119. The van der Waals surface area contributed by atoms with Crippen molar-refractivity contribution in [2.45, 2.75) is 37.6 Å². The molecule has 9 heteroatoms. The van der Waals surface area contributed by atoms with Crippen molar-refractivity contribution in [1.29, 1.82) is 0 Å². The van der Waals surface area contributed by atoms with Crippen molar-refractivity contribution in [2.75, 3.05) is 50.5 Å². The van der Waals surface area contributed by atoms with Gasteiger partial charge in [-0.2, -0.15) is 0 Å². The van der Waals surface area contributed by atoms with Gasteiger partial charge in [-0.15, -0.1) is 10.2 Å². The molecule has 0 unspecified atom stereocenters. The van der Waals surface area contributed by atoms with E-state index in [-0.39, 0.29) is 11.4 Å². The van der Waals surface area contributed by atoms with E-state index in [9.17, 15) is 4.79 Å². The van der Waals surface area contributed by atoms with Crippen molar-refractivity contribution in [3.63, 3.8) is 0 Å². The Hall–Kier alpha value is -0.900. The first-order valence-corrected chi connectivity index (χ1v) is 10.5. The van der Waals surface area contributed by atoms with E-state index < -0.39 is 0 Å². The number of ether oxygens (including phenoxy) is 1. The smallest absolute Gasteiger partial charge is 0.230 e. The first kappa shape index (κ1) is 20.4. The zero-order valence-corrected chi connectivity index (χ0v) is 17.1. The van der Waals surface area contributed by atoms with Crippen molar-refractivity contribution in [3.05, 3.63) is 0 Å². The largest absolute Gasteiger partial charge is 0.379 e. The minimum atomic E-state index is -0.0687. The van der Waals surface area contributed by atoms with Gasteiger partial charge in [0.25, 0.3) is 0 Å². The lowest BCUT2D eigenvalue weighted by atomic mass is 10.0. The number of aromatic nitrogens is 2. The van der Waals surface area contributed by atoms with Crippen LogP contribution in [0.2, 0.25) is 0 Å². The SMILES string of the molecule is CC(C)CNc1nnc(SCC(=O)NCC(C)(C)N2CCOCC2)s1. The number of carbonyl (C=O) groups excluding carboxylic acids is 1. The van der Waals surface area contributed by atoms with Gasteiger partial charge in [0.15, 0.2) is 4.34 Å². The number of carbonyl (C=O) groups is 1. The summed E-state index contributed by atoms with van der Waals surface area (Å²) >= 11 is 2.92. The van der Waals surface area contributed by atoms with Crippen LogP contribution in [0.1, 0.15) is 27.7 Å². The van der Waals surface area contributed by atoms with Gasteiger partial charge in [0.05, 0.1) is 19.0 Å². The zero-order chi connectivity index (χ0) is 18.3. The number of morpholine rings is 1. The predicted molar refractivity (Wildman–Crippen MR) is 103 cm³/mol. The van der Waals surface area contributed by atoms with Crippen molar-refractivity contribution in [2.24, 2.45) is 5.92 Å². The Morgan fingerprint density at radius 2 is 2.08 bits per heavy atom. The summed E-state index contributed by atoms with van der Waals surface area (Å²) in [6.45, 7) is 13.4. The second-order valence-electron chi connectivity index (χ2n) is 7.13. The van der Waals surface area contributed by atoms with Crippen LogP contribution in [0.3, 0.4) is 0 Å². The van der Waals surface area contributed by atoms with E-state index in [1.54, 1.807) is 0 Å². The number of thioether (sulfide) groups is 1. The summed E-state index contributed by atoms with van der Waals surface area (Å²) in [6.07, 6.45) is 0. The van der Waals surface area contributed by atoms with Crippen LogP contribution in [0.15, 0.2) is 4.34 Å². The number of amides is 1. The highest BCUT2D eigenvalue weighted by molar-refractivity contribution is 8.01. The summed E-state index contributed by atoms with van der Waals surface area (Å²) in [6, 6.07) is 0. The van der Waals surface area contributed by atoms with E-state index in [0.29, 0.717) is 18.2 Å². The van der Waals surface area contributed by atoms with Crippen LogP contribution in [-0.4, -0.2) is 71.7 Å². The molecule has 1 saturated heterocycles. The Morgan fingerprint density at radius 1 is 1.36 bits per heavy atom. The Balaban J connectivity index is 1.69. The van der Waals surface area contributed by atoms with Crippen LogP contribution in [0.25, 0.3) is 0 Å². The van der Waals surface area contributed by atoms with Crippen LogP contribution < -0.4 is 10.6 Å². The average molecular weight is 388 g/mol. The molecule has 0 atom stereocenters. The molecular weight excluding hydrogens is 358 g/mol. The highest BCUT2D eigenvalue weighted by atomic mass is 32.2. The lowest BCUT2D eigenvalue weighted by Crippen LogP contribution is -2.55. The first-order valence-electron chi connectivity index (χ1n) is 8.66. The minimum Gasteiger partial charge on any atom is -0.379 e. The summed E-state index contributed by atoms with van der Waals surface area (Å²) in [7, 11) is 0. The summed E-state index contributed by atoms with van der Waals surface area (Å²) in [5, 5.41) is 15.3. The molecule has 2 rings (SSSR count). The topological polar surface area (TPSA) is 79.4 Å². The minimum absolute atomic E-state index is 0.0261. The maximum absolute atomic E-state index is 12.1. The molecule has 1 aliphatic rings. The highest BCUT2D eigenvalue weighted by Crippen LogP contribution is 2.25. The fraction of sp³-hybridized carbons (Fsp3) is 0.812. The number of nitrogens with zero attached hydrogens (tertiary/aromatic N) is 3. The summed E-state index contributed by atoms with van der Waals surface area (Å²) in [4.78, 5) is 14.5. The molecule has 2 heterocycles. The zero-order valence-electron chi connectivity index (χ0n) is 15.5. The molecule has 25 heavy (non-hydrogen) atoms. The van der Waals surface area contributed by atoms with Crippen LogP contribution in [0.5, 0.6) is 0 Å². The molecule has 0 aromatic carbocycles. The molecule has 1 aromatic heterocycles. The van der Waals surface area contributed by atoms with Gasteiger partial charge in [-0.05, 0) is 19.8 Å². The monoisotopic (exact) mass is 387 g/mol. The summed E-state index contributed by atoms with van der Waals surface area (Å²) in [5.74, 6) is 0.941. The number of hydrogen-bond donors (Lipinski definition) is 2. The molecule has 0 aliphatic carbocycles. The molecule has 0 spiro atoms. The van der Waals surface area contributed by atoms with Gasteiger partial charge >= 0.3 is 0 Å². The van der Waals surface area contributed by atoms with Crippen molar-refractivity contribution in [3.8, 4) is 0 Å². The summed E-state index contributed by atoms with van der Waals surface area (Å²) in [5.41, 5.74) is -0.0687. The van der Waals surface area contributed by atoms with E-state index in [2.05, 4.69) is 53.4 Å². The maximum Gasteiger partial charge on any atom is 0.230 e. The van der Waals surface area contributed by atoms with E-state index in [4.69, 9.17) is 4.74 Å². The average Bonchev–Trinajstić information content (AvgIpc) is 3.05. The number of nitrogens with one attached hydrogen (secondary N) is 2. The van der Waals surface area contributed by atoms with Crippen LogP contribution in [0, 0.1) is 5.92 Å². The highest BCUT2D eigenvalue weighted by Gasteiger charge is 2.28. The molecule has 1 fully saturated rings. The molecule has 1 aliphatic heterocycles. The molecule has 1 amide bonds. The van der Waals surface area contributed by atoms with E-state index in [1.165, 1.54) is 23.1 Å². The van der Waals surface area contributed by atoms with Crippen molar-refractivity contribution >= 4 is 34.1 Å². The second kappa shape index (κ2) is 9.70. The third-order valence-electron chi connectivity index (χ3n) is 3.98. The molecule has 0 bridgehead atoms. The van der Waals surface area contributed by atoms with Gasteiger partial charge in [0.2, 0.25) is 11.0 Å². The third kappa shape index (κ3) is 7.08. The van der Waals surface area contributed by atoms with Crippen LogP contribution >= 0.6 is 23.1 Å². The number of anilines is 1. The maximum atomic E-state index is 12.1. The fourth-order valence-corrected chi connectivity index (χ4v) is 3.99. The van der Waals surface area contributed by atoms with Crippen molar-refractivity contribution in [1.82, 2.24) is 20.4 Å². The lowest BCUT2D eigenvalue weighted by Gasteiger charge is -2.40. The molecule has 142 valence electrons. The van der Waals surface area contributed by atoms with Gasteiger partial charge in [-0.25, -0.2) is 0 Å². The van der Waals surface area contributed by atoms with Crippen LogP contribution in [0.4, 0.5) is 5.13 Å². The molecule has 7 nitrogen and oxygen atoms in total. The van der Waals surface area contributed by atoms with Gasteiger partial charge in [-0.3, -0.25) is 9.69 Å². The van der Waals surface area contributed by atoms with E-state index >= 15 is 0 Å². The molecule has 2 N–H and O–H groups in total. The van der Waals surface area contributed by atoms with Crippen molar-refractivity contribution < 1.29 is 9.53 Å². The Labute approximate surface area is 158 Å². The van der Waals surface area contributed by atoms with Gasteiger partial charge < -0.3 is 15.4 Å². The standard InChI is InChI=1S/C16H29N5O2S2/c1-12(2)9-17-14-19-20-15(25-14)24-10-13(22)18-11-16(3,4)21-5-7-23-8-6-21/h12H,5-11H2,1-4H3,(H,17,19)(H,18,22). The quantitative estimate of drug-likeness (QED) is 0.627. The Morgan fingerprint density at radius 3 is 2.76 bits per heavy atom. The number of hydrogen-bond acceptors (Lipinski definition) is 8. The molecule has 1 aromatic rings.